The Hall–Kier alpha value is -3.43. The van der Waals surface area contributed by atoms with Crippen molar-refractivity contribution in [2.24, 2.45) is 0 Å². The zero-order valence-corrected chi connectivity index (χ0v) is 13.4. The maximum Gasteiger partial charge on any atom is 0.440 e. The van der Waals surface area contributed by atoms with Crippen molar-refractivity contribution < 1.29 is 31.9 Å². The molecule has 1 unspecified atom stereocenters. The molecule has 2 aromatic carbocycles. The molecule has 4 amide bonds. The molecular weight excluding hydrogens is 370 g/mol. The van der Waals surface area contributed by atoms with E-state index in [1.165, 1.54) is 34.9 Å². The topological polar surface area (TPSA) is 78.5 Å². The van der Waals surface area contributed by atoms with Crippen LogP contribution in [0.2, 0.25) is 0 Å². The number of amides is 4. The molecule has 1 heterocycles. The Kier molecular flexibility index (Phi) is 4.34. The molecule has 27 heavy (non-hydrogen) atoms. The monoisotopic (exact) mass is 381 g/mol. The van der Waals surface area contributed by atoms with Crippen LogP contribution in [0.15, 0.2) is 54.6 Å². The van der Waals surface area contributed by atoms with Gasteiger partial charge in [-0.15, -0.1) is 0 Å². The minimum absolute atomic E-state index is 0.0952. The molecule has 2 N–H and O–H groups in total. The molecule has 0 radical (unpaired) electrons. The summed E-state index contributed by atoms with van der Waals surface area (Å²) in [5, 5.41) is 3.06. The number of para-hydroxylation sites is 1. The maximum atomic E-state index is 13.7. The van der Waals surface area contributed by atoms with Gasteiger partial charge in [0.2, 0.25) is 0 Å². The molecule has 140 valence electrons. The van der Waals surface area contributed by atoms with Crippen molar-refractivity contribution in [2.45, 2.75) is 11.8 Å². The summed E-state index contributed by atoms with van der Waals surface area (Å²) in [7, 11) is 0. The molecular formula is C17H11F4N3O3. The molecule has 6 nitrogen and oxygen atoms in total. The number of hydrogen-bond acceptors (Lipinski definition) is 3. The standard InChI is InChI=1S/C17H11F4N3O3/c18-11-8-6-10(7-9-11)13(25)22-16(17(19,20)21)14(26)24(15(27)23-16)12-4-2-1-3-5-12/h1-9H,(H,22,25)(H,23,27). The molecule has 1 saturated heterocycles. The number of rotatable bonds is 3. The van der Waals surface area contributed by atoms with Gasteiger partial charge in [-0.1, -0.05) is 18.2 Å². The van der Waals surface area contributed by atoms with E-state index in [4.69, 9.17) is 0 Å². The second-order valence-electron chi connectivity index (χ2n) is 5.62. The van der Waals surface area contributed by atoms with Crippen LogP contribution >= 0.6 is 0 Å². The number of urea groups is 1. The average Bonchev–Trinajstić information content (AvgIpc) is 2.87. The minimum Gasteiger partial charge on any atom is -0.314 e. The number of anilines is 1. The van der Waals surface area contributed by atoms with E-state index in [0.717, 1.165) is 24.3 Å². The number of carbonyl (C=O) groups excluding carboxylic acids is 3. The van der Waals surface area contributed by atoms with E-state index in [-0.39, 0.29) is 11.3 Å². The van der Waals surface area contributed by atoms with Crippen LogP contribution in [0.4, 0.5) is 28.0 Å². The lowest BCUT2D eigenvalue weighted by molar-refractivity contribution is -0.197. The van der Waals surface area contributed by atoms with Gasteiger partial charge in [0, 0.05) is 5.56 Å². The van der Waals surface area contributed by atoms with E-state index in [1.807, 2.05) is 0 Å². The molecule has 0 aliphatic carbocycles. The molecule has 3 rings (SSSR count). The first-order valence-electron chi connectivity index (χ1n) is 7.52. The van der Waals surface area contributed by atoms with Gasteiger partial charge in [0.15, 0.2) is 0 Å². The third kappa shape index (κ3) is 3.09. The van der Waals surface area contributed by atoms with Crippen molar-refractivity contribution in [3.05, 3.63) is 66.0 Å². The predicted molar refractivity (Wildman–Crippen MR) is 85.1 cm³/mol. The normalized spacial score (nSPS) is 19.8. The van der Waals surface area contributed by atoms with E-state index < -0.39 is 35.5 Å². The first-order chi connectivity index (χ1) is 12.7. The van der Waals surface area contributed by atoms with Gasteiger partial charge in [-0.3, -0.25) is 14.9 Å². The lowest BCUT2D eigenvalue weighted by Gasteiger charge is -2.29. The van der Waals surface area contributed by atoms with Gasteiger partial charge in [-0.05, 0) is 36.4 Å². The zero-order valence-electron chi connectivity index (χ0n) is 13.4. The van der Waals surface area contributed by atoms with Crippen molar-refractivity contribution in [2.75, 3.05) is 4.90 Å². The summed E-state index contributed by atoms with van der Waals surface area (Å²) < 4.78 is 54.1. The van der Waals surface area contributed by atoms with Gasteiger partial charge < -0.3 is 5.32 Å². The molecule has 1 atom stereocenters. The predicted octanol–water partition coefficient (Wildman–Crippen LogP) is 2.57. The molecule has 1 fully saturated rings. The first kappa shape index (κ1) is 18.4. The number of nitrogens with zero attached hydrogens (tertiary/aromatic N) is 1. The zero-order chi connectivity index (χ0) is 19.8. The summed E-state index contributed by atoms with van der Waals surface area (Å²) in [5.74, 6) is -3.71. The van der Waals surface area contributed by atoms with Crippen LogP contribution in [0.3, 0.4) is 0 Å². The van der Waals surface area contributed by atoms with Crippen molar-refractivity contribution in [3.63, 3.8) is 0 Å². The Morgan fingerprint density at radius 3 is 2.15 bits per heavy atom. The van der Waals surface area contributed by atoms with E-state index in [2.05, 4.69) is 0 Å². The van der Waals surface area contributed by atoms with E-state index >= 15 is 0 Å². The van der Waals surface area contributed by atoms with Crippen LogP contribution in [-0.2, 0) is 4.79 Å². The Morgan fingerprint density at radius 2 is 1.59 bits per heavy atom. The summed E-state index contributed by atoms with van der Waals surface area (Å²) >= 11 is 0. The maximum absolute atomic E-state index is 13.7. The summed E-state index contributed by atoms with van der Waals surface area (Å²) in [4.78, 5) is 37.2. The van der Waals surface area contributed by atoms with Gasteiger partial charge in [-0.25, -0.2) is 14.1 Å². The highest BCUT2D eigenvalue weighted by Gasteiger charge is 2.69. The lowest BCUT2D eigenvalue weighted by Crippen LogP contribution is -2.69. The quantitative estimate of drug-likeness (QED) is 0.634. The number of benzene rings is 2. The largest absolute Gasteiger partial charge is 0.440 e. The summed E-state index contributed by atoms with van der Waals surface area (Å²) in [6.07, 6.45) is -5.33. The molecule has 0 saturated carbocycles. The Labute approximate surface area is 149 Å². The van der Waals surface area contributed by atoms with Gasteiger partial charge >= 0.3 is 12.2 Å². The van der Waals surface area contributed by atoms with Crippen LogP contribution in [0.25, 0.3) is 0 Å². The fraction of sp³-hybridized carbons (Fsp3) is 0.118. The molecule has 1 aliphatic heterocycles. The molecule has 1 aliphatic rings. The molecule has 0 aromatic heterocycles. The smallest absolute Gasteiger partial charge is 0.314 e. The van der Waals surface area contributed by atoms with Crippen LogP contribution in [0, 0.1) is 5.82 Å². The Balaban J connectivity index is 1.99. The lowest BCUT2D eigenvalue weighted by atomic mass is 10.1. The number of alkyl halides is 3. The van der Waals surface area contributed by atoms with E-state index in [0.29, 0.717) is 4.90 Å². The first-order valence-corrected chi connectivity index (χ1v) is 7.52. The highest BCUT2D eigenvalue weighted by atomic mass is 19.4. The van der Waals surface area contributed by atoms with Gasteiger partial charge in [0.25, 0.3) is 17.5 Å². The molecule has 0 bridgehead atoms. The summed E-state index contributed by atoms with van der Waals surface area (Å²) in [6, 6.07) is 9.26. The van der Waals surface area contributed by atoms with Crippen molar-refractivity contribution >= 4 is 23.5 Å². The molecule has 10 heteroatoms. The van der Waals surface area contributed by atoms with Crippen molar-refractivity contribution in [3.8, 4) is 0 Å². The highest BCUT2D eigenvalue weighted by molar-refractivity contribution is 6.24. The van der Waals surface area contributed by atoms with Crippen molar-refractivity contribution in [1.29, 1.82) is 0 Å². The Morgan fingerprint density at radius 1 is 1.00 bits per heavy atom. The summed E-state index contributed by atoms with van der Waals surface area (Å²) in [5.41, 5.74) is -4.06. The highest BCUT2D eigenvalue weighted by Crippen LogP contribution is 2.35. The number of nitrogens with one attached hydrogen (secondary N) is 2. The third-order valence-corrected chi connectivity index (χ3v) is 3.87. The second kappa shape index (κ2) is 6.38. The van der Waals surface area contributed by atoms with Gasteiger partial charge in [0.05, 0.1) is 5.69 Å². The van der Waals surface area contributed by atoms with E-state index in [1.54, 1.807) is 6.07 Å². The van der Waals surface area contributed by atoms with Crippen LogP contribution in [0.1, 0.15) is 10.4 Å². The molecule has 0 spiro atoms. The Bertz CT molecular complexity index is 900. The van der Waals surface area contributed by atoms with Crippen LogP contribution in [-0.4, -0.2) is 29.7 Å². The third-order valence-electron chi connectivity index (χ3n) is 3.87. The number of imide groups is 1. The summed E-state index contributed by atoms with van der Waals surface area (Å²) in [6.45, 7) is 0. The van der Waals surface area contributed by atoms with Crippen LogP contribution in [0.5, 0.6) is 0 Å². The minimum atomic E-state index is -5.33. The average molecular weight is 381 g/mol. The fourth-order valence-corrected chi connectivity index (χ4v) is 2.53. The number of hydrogen-bond donors (Lipinski definition) is 2. The number of carbonyl (C=O) groups is 3. The number of halogens is 4. The molecule has 2 aromatic rings. The SMILES string of the molecule is O=C(NC1(C(F)(F)F)NC(=O)N(c2ccccc2)C1=O)c1ccc(F)cc1. The van der Waals surface area contributed by atoms with Gasteiger partial charge in [0.1, 0.15) is 5.82 Å². The second-order valence-corrected chi connectivity index (χ2v) is 5.62. The van der Waals surface area contributed by atoms with Gasteiger partial charge in [-0.2, -0.15) is 13.2 Å². The van der Waals surface area contributed by atoms with Crippen LogP contribution < -0.4 is 15.5 Å². The van der Waals surface area contributed by atoms with Crippen molar-refractivity contribution in [1.82, 2.24) is 10.6 Å². The van der Waals surface area contributed by atoms with E-state index in [9.17, 15) is 31.9 Å². The fourth-order valence-electron chi connectivity index (χ4n) is 2.53.